The number of aromatic amines is 1. The van der Waals surface area contributed by atoms with E-state index in [0.717, 1.165) is 37.4 Å². The van der Waals surface area contributed by atoms with Gasteiger partial charge in [0.2, 0.25) is 0 Å². The molecule has 22 heavy (non-hydrogen) atoms. The average Bonchev–Trinajstić information content (AvgIpc) is 3.20. The van der Waals surface area contributed by atoms with Gasteiger partial charge in [-0.1, -0.05) is 0 Å². The molecular formula is C15H22N6O. The Hall–Kier alpha value is -2.15. The fourth-order valence-corrected chi connectivity index (χ4v) is 3.03. The minimum Gasteiger partial charge on any atom is -0.345 e. The van der Waals surface area contributed by atoms with Gasteiger partial charge in [-0.25, -0.2) is 4.98 Å². The van der Waals surface area contributed by atoms with Crippen LogP contribution in [-0.2, 0) is 13.6 Å². The van der Waals surface area contributed by atoms with Gasteiger partial charge in [0.15, 0.2) is 0 Å². The molecule has 0 spiro atoms. The molecule has 2 aromatic heterocycles. The summed E-state index contributed by atoms with van der Waals surface area (Å²) in [6, 6.07) is 0.193. The van der Waals surface area contributed by atoms with Crippen molar-refractivity contribution in [3.05, 3.63) is 35.7 Å². The van der Waals surface area contributed by atoms with Gasteiger partial charge in [0.25, 0.3) is 5.91 Å². The van der Waals surface area contributed by atoms with Crippen LogP contribution < -0.4 is 0 Å². The molecule has 0 radical (unpaired) electrons. The number of nitrogens with one attached hydrogen (secondary N) is 1. The summed E-state index contributed by atoms with van der Waals surface area (Å²) < 4.78 is 2.04. The third kappa shape index (κ3) is 2.64. The first-order chi connectivity index (χ1) is 10.6. The molecular weight excluding hydrogens is 280 g/mol. The lowest BCUT2D eigenvalue weighted by atomic mass is 10.1. The number of carbonyl (C=O) groups excluding carboxylic acids is 1. The van der Waals surface area contributed by atoms with Crippen LogP contribution in [-0.4, -0.2) is 56.1 Å². The molecule has 1 aliphatic rings. The molecule has 0 saturated carbocycles. The van der Waals surface area contributed by atoms with Gasteiger partial charge in [-0.05, 0) is 19.4 Å². The first-order valence-corrected chi connectivity index (χ1v) is 7.53. The van der Waals surface area contributed by atoms with Crippen LogP contribution in [0.4, 0.5) is 0 Å². The molecule has 0 bridgehead atoms. The maximum atomic E-state index is 12.3. The Balaban J connectivity index is 1.83. The molecule has 7 nitrogen and oxygen atoms in total. The molecule has 7 heteroatoms. The van der Waals surface area contributed by atoms with Gasteiger partial charge in [0.05, 0.1) is 30.0 Å². The van der Waals surface area contributed by atoms with E-state index in [1.54, 1.807) is 25.2 Å². The van der Waals surface area contributed by atoms with E-state index in [1.165, 1.54) is 0 Å². The fourth-order valence-electron chi connectivity index (χ4n) is 3.03. The molecule has 1 atom stereocenters. The van der Waals surface area contributed by atoms with Gasteiger partial charge in [-0.3, -0.25) is 14.8 Å². The largest absolute Gasteiger partial charge is 0.345 e. The van der Waals surface area contributed by atoms with Crippen LogP contribution in [0.3, 0.4) is 0 Å². The van der Waals surface area contributed by atoms with Crippen molar-refractivity contribution in [1.82, 2.24) is 29.5 Å². The van der Waals surface area contributed by atoms with Gasteiger partial charge in [0.1, 0.15) is 5.82 Å². The molecule has 0 aliphatic carbocycles. The van der Waals surface area contributed by atoms with Crippen molar-refractivity contribution in [1.29, 1.82) is 0 Å². The second-order valence-electron chi connectivity index (χ2n) is 5.98. The zero-order chi connectivity index (χ0) is 15.7. The summed E-state index contributed by atoms with van der Waals surface area (Å²) in [5, 5.41) is 7.14. The lowest BCUT2D eigenvalue weighted by Gasteiger charge is -2.24. The van der Waals surface area contributed by atoms with Crippen LogP contribution >= 0.6 is 0 Å². The number of nitrogens with zero attached hydrogens (tertiary/aromatic N) is 5. The molecule has 118 valence electrons. The number of hydrogen-bond acceptors (Lipinski definition) is 4. The minimum atomic E-state index is -0.00686. The van der Waals surface area contributed by atoms with Crippen molar-refractivity contribution in [2.45, 2.75) is 25.4 Å². The highest BCUT2D eigenvalue weighted by molar-refractivity contribution is 5.94. The topological polar surface area (TPSA) is 70.1 Å². The van der Waals surface area contributed by atoms with Gasteiger partial charge >= 0.3 is 0 Å². The fraction of sp³-hybridized carbons (Fsp3) is 0.533. The first kappa shape index (κ1) is 14.8. The number of likely N-dealkylation sites (tertiary alicyclic amines) is 1. The minimum absolute atomic E-state index is 0.00686. The Kier molecular flexibility index (Phi) is 3.98. The highest BCUT2D eigenvalue weighted by atomic mass is 16.2. The highest BCUT2D eigenvalue weighted by Gasteiger charge is 2.31. The van der Waals surface area contributed by atoms with Gasteiger partial charge in [-0.2, -0.15) is 5.10 Å². The third-order valence-electron chi connectivity index (χ3n) is 4.27. The Morgan fingerprint density at radius 2 is 2.32 bits per heavy atom. The Labute approximate surface area is 129 Å². The van der Waals surface area contributed by atoms with Crippen molar-refractivity contribution in [2.24, 2.45) is 7.05 Å². The van der Waals surface area contributed by atoms with Gasteiger partial charge < -0.3 is 9.47 Å². The molecule has 1 fully saturated rings. The van der Waals surface area contributed by atoms with E-state index < -0.39 is 0 Å². The smallest absolute Gasteiger partial charge is 0.256 e. The van der Waals surface area contributed by atoms with E-state index in [0.29, 0.717) is 5.56 Å². The predicted molar refractivity (Wildman–Crippen MR) is 82.2 cm³/mol. The number of aryl methyl sites for hydroxylation is 1. The van der Waals surface area contributed by atoms with Crippen LogP contribution in [0.25, 0.3) is 0 Å². The van der Waals surface area contributed by atoms with Crippen molar-refractivity contribution >= 4 is 5.91 Å². The summed E-state index contributed by atoms with van der Waals surface area (Å²) in [6.45, 7) is 1.79. The number of imidazole rings is 1. The van der Waals surface area contributed by atoms with Crippen LogP contribution in [0, 0.1) is 0 Å². The summed E-state index contributed by atoms with van der Waals surface area (Å²) in [6.07, 6.45) is 7.55. The summed E-state index contributed by atoms with van der Waals surface area (Å²) in [5.74, 6) is 1.03. The monoisotopic (exact) mass is 302 g/mol. The Morgan fingerprint density at radius 3 is 3.00 bits per heavy atom. The average molecular weight is 302 g/mol. The van der Waals surface area contributed by atoms with Gasteiger partial charge in [-0.15, -0.1) is 0 Å². The van der Waals surface area contributed by atoms with Crippen molar-refractivity contribution in [2.75, 3.05) is 20.6 Å². The number of carbonyl (C=O) groups is 1. The lowest BCUT2D eigenvalue weighted by molar-refractivity contribution is 0.0824. The highest BCUT2D eigenvalue weighted by Crippen LogP contribution is 2.33. The number of rotatable bonds is 4. The summed E-state index contributed by atoms with van der Waals surface area (Å²) in [7, 11) is 5.53. The second kappa shape index (κ2) is 5.92. The molecule has 0 unspecified atom stereocenters. The van der Waals surface area contributed by atoms with Crippen LogP contribution in [0.5, 0.6) is 0 Å². The van der Waals surface area contributed by atoms with Crippen LogP contribution in [0.2, 0.25) is 0 Å². The SMILES string of the molecule is CN(C)C(=O)c1cn[nH]c1[C@H]1CCCN1Cc1nccn1C. The zero-order valence-corrected chi connectivity index (χ0v) is 13.3. The maximum Gasteiger partial charge on any atom is 0.256 e. The number of hydrogen-bond donors (Lipinski definition) is 1. The second-order valence-corrected chi connectivity index (χ2v) is 5.98. The van der Waals surface area contributed by atoms with E-state index >= 15 is 0 Å². The third-order valence-corrected chi connectivity index (χ3v) is 4.27. The van der Waals surface area contributed by atoms with Gasteiger partial charge in [0, 0.05) is 33.5 Å². The quantitative estimate of drug-likeness (QED) is 0.921. The van der Waals surface area contributed by atoms with E-state index in [4.69, 9.17) is 0 Å². The Bertz CT molecular complexity index is 659. The number of H-pyrrole nitrogens is 1. The summed E-state index contributed by atoms with van der Waals surface area (Å²) in [5.41, 5.74) is 1.59. The standard InChI is InChI=1S/C15H22N6O/c1-19(2)15(22)11-9-17-18-14(11)12-5-4-7-21(12)10-13-16-6-8-20(13)3/h6,8-9,12H,4-5,7,10H2,1-3H3,(H,17,18)/t12-/m1/s1. The zero-order valence-electron chi connectivity index (χ0n) is 13.3. The molecule has 1 amide bonds. The van der Waals surface area contributed by atoms with E-state index in [9.17, 15) is 4.79 Å². The lowest BCUT2D eigenvalue weighted by Crippen LogP contribution is -2.28. The summed E-state index contributed by atoms with van der Waals surface area (Å²) in [4.78, 5) is 20.6. The van der Waals surface area contributed by atoms with Crippen LogP contribution in [0.15, 0.2) is 18.6 Å². The molecule has 2 aromatic rings. The molecule has 3 heterocycles. The number of aromatic nitrogens is 4. The van der Waals surface area contributed by atoms with E-state index in [2.05, 4.69) is 20.1 Å². The predicted octanol–water partition coefficient (Wildman–Crippen LogP) is 1.18. The molecule has 0 aromatic carbocycles. The molecule has 3 rings (SSSR count). The first-order valence-electron chi connectivity index (χ1n) is 7.53. The summed E-state index contributed by atoms with van der Waals surface area (Å²) >= 11 is 0. The molecule has 1 aliphatic heterocycles. The number of amides is 1. The van der Waals surface area contributed by atoms with Crippen molar-refractivity contribution in [3.63, 3.8) is 0 Å². The molecule has 1 saturated heterocycles. The molecule has 1 N–H and O–H groups in total. The van der Waals surface area contributed by atoms with Crippen molar-refractivity contribution < 1.29 is 4.79 Å². The van der Waals surface area contributed by atoms with E-state index in [1.807, 2.05) is 24.0 Å². The normalized spacial score (nSPS) is 18.8. The van der Waals surface area contributed by atoms with Crippen LogP contribution in [0.1, 0.15) is 40.8 Å². The van der Waals surface area contributed by atoms with E-state index in [-0.39, 0.29) is 11.9 Å². The Morgan fingerprint density at radius 1 is 1.50 bits per heavy atom. The van der Waals surface area contributed by atoms with Crippen molar-refractivity contribution in [3.8, 4) is 0 Å². The maximum absolute atomic E-state index is 12.3.